The molecule has 1 nitrogen and oxygen atoms in total. The van der Waals surface area contributed by atoms with Gasteiger partial charge in [0.05, 0.1) is 0 Å². The lowest BCUT2D eigenvalue weighted by atomic mass is 10.1. The van der Waals surface area contributed by atoms with Crippen molar-refractivity contribution in [2.75, 3.05) is 0 Å². The van der Waals surface area contributed by atoms with Gasteiger partial charge in [0.25, 0.3) is 0 Å². The van der Waals surface area contributed by atoms with Gasteiger partial charge in [-0.15, -0.1) is 11.6 Å². The van der Waals surface area contributed by atoms with E-state index >= 15 is 0 Å². The van der Waals surface area contributed by atoms with Gasteiger partial charge >= 0.3 is 0 Å². The van der Waals surface area contributed by atoms with E-state index < -0.39 is 0 Å². The summed E-state index contributed by atoms with van der Waals surface area (Å²) in [5.74, 6) is 0.584. The third-order valence-corrected chi connectivity index (χ3v) is 2.48. The van der Waals surface area contributed by atoms with Crippen molar-refractivity contribution in [2.24, 2.45) is 0 Å². The van der Waals surface area contributed by atoms with Crippen molar-refractivity contribution >= 4 is 22.5 Å². The fraction of sp³-hybridized carbons (Fsp3) is 0.200. The standard InChI is InChI=1S/C10H10ClN/c1-7-2-3-10-8(4-5-12-10)9(7)6-11/h2-5,12H,6H2,1H3. The number of nitrogens with one attached hydrogen (secondary N) is 1. The predicted molar refractivity (Wildman–Crippen MR) is 52.6 cm³/mol. The van der Waals surface area contributed by atoms with Gasteiger partial charge < -0.3 is 4.98 Å². The van der Waals surface area contributed by atoms with Gasteiger partial charge in [0.2, 0.25) is 0 Å². The number of H-pyrrole nitrogens is 1. The Morgan fingerprint density at radius 1 is 1.33 bits per heavy atom. The Morgan fingerprint density at radius 2 is 2.17 bits per heavy atom. The van der Waals surface area contributed by atoms with Crippen LogP contribution >= 0.6 is 11.6 Å². The minimum atomic E-state index is 0.584. The molecule has 0 aliphatic rings. The van der Waals surface area contributed by atoms with Crippen LogP contribution in [0.25, 0.3) is 10.9 Å². The number of aromatic nitrogens is 1. The van der Waals surface area contributed by atoms with Gasteiger partial charge in [0, 0.05) is 23.0 Å². The van der Waals surface area contributed by atoms with E-state index in [0.717, 1.165) is 5.52 Å². The van der Waals surface area contributed by atoms with E-state index in [0.29, 0.717) is 5.88 Å². The van der Waals surface area contributed by atoms with Crippen molar-refractivity contribution in [3.05, 3.63) is 35.5 Å². The van der Waals surface area contributed by atoms with E-state index in [1.807, 2.05) is 6.20 Å². The van der Waals surface area contributed by atoms with Crippen LogP contribution in [0.1, 0.15) is 11.1 Å². The zero-order chi connectivity index (χ0) is 8.55. The smallest absolute Gasteiger partial charge is 0.0483 e. The lowest BCUT2D eigenvalue weighted by Gasteiger charge is -2.02. The van der Waals surface area contributed by atoms with E-state index in [2.05, 4.69) is 30.1 Å². The molecule has 0 unspecified atom stereocenters. The molecule has 0 saturated heterocycles. The Labute approximate surface area is 76.4 Å². The summed E-state index contributed by atoms with van der Waals surface area (Å²) in [6, 6.07) is 6.25. The fourth-order valence-electron chi connectivity index (χ4n) is 1.48. The van der Waals surface area contributed by atoms with E-state index in [1.54, 1.807) is 0 Å². The lowest BCUT2D eigenvalue weighted by Crippen LogP contribution is -1.84. The number of hydrogen-bond donors (Lipinski definition) is 1. The minimum Gasteiger partial charge on any atom is -0.361 e. The molecule has 0 atom stereocenters. The van der Waals surface area contributed by atoms with Crippen molar-refractivity contribution < 1.29 is 0 Å². The molecule has 1 aromatic carbocycles. The maximum absolute atomic E-state index is 5.85. The van der Waals surface area contributed by atoms with Crippen LogP contribution in [0.3, 0.4) is 0 Å². The van der Waals surface area contributed by atoms with E-state index in [-0.39, 0.29) is 0 Å². The summed E-state index contributed by atoms with van der Waals surface area (Å²) in [5, 5.41) is 1.24. The number of rotatable bonds is 1. The minimum absolute atomic E-state index is 0.584. The molecule has 0 fully saturated rings. The summed E-state index contributed by atoms with van der Waals surface area (Å²) in [6.07, 6.45) is 1.94. The molecule has 1 heterocycles. The third kappa shape index (κ3) is 1.01. The van der Waals surface area contributed by atoms with Crippen molar-refractivity contribution in [1.82, 2.24) is 4.98 Å². The van der Waals surface area contributed by atoms with Crippen LogP contribution in [0.5, 0.6) is 0 Å². The largest absolute Gasteiger partial charge is 0.361 e. The average molecular weight is 180 g/mol. The molecule has 1 N–H and O–H groups in total. The average Bonchev–Trinajstić information content (AvgIpc) is 2.52. The number of benzene rings is 1. The summed E-state index contributed by atoms with van der Waals surface area (Å²) in [6.45, 7) is 2.09. The van der Waals surface area contributed by atoms with Crippen molar-refractivity contribution in [2.45, 2.75) is 12.8 Å². The van der Waals surface area contributed by atoms with Crippen LogP contribution in [0.2, 0.25) is 0 Å². The molecule has 0 radical (unpaired) electrons. The molecule has 0 aliphatic carbocycles. The van der Waals surface area contributed by atoms with E-state index in [4.69, 9.17) is 11.6 Å². The second-order valence-corrected chi connectivity index (χ2v) is 3.20. The maximum Gasteiger partial charge on any atom is 0.0483 e. The zero-order valence-corrected chi connectivity index (χ0v) is 7.65. The number of aromatic amines is 1. The first-order valence-electron chi connectivity index (χ1n) is 3.94. The summed E-state index contributed by atoms with van der Waals surface area (Å²) < 4.78 is 0. The molecule has 2 heteroatoms. The third-order valence-electron chi connectivity index (χ3n) is 2.21. The Hall–Kier alpha value is -0.950. The van der Waals surface area contributed by atoms with Gasteiger partial charge in [-0.05, 0) is 30.2 Å². The zero-order valence-electron chi connectivity index (χ0n) is 6.89. The van der Waals surface area contributed by atoms with E-state index in [1.165, 1.54) is 16.5 Å². The number of fused-ring (bicyclic) bond motifs is 1. The molecule has 0 spiro atoms. The highest BCUT2D eigenvalue weighted by Crippen LogP contribution is 2.22. The second kappa shape index (κ2) is 2.83. The van der Waals surface area contributed by atoms with Gasteiger partial charge in [-0.1, -0.05) is 6.07 Å². The van der Waals surface area contributed by atoms with Gasteiger partial charge in [-0.2, -0.15) is 0 Å². The Balaban J connectivity index is 2.83. The number of hydrogen-bond acceptors (Lipinski definition) is 0. The highest BCUT2D eigenvalue weighted by atomic mass is 35.5. The molecule has 62 valence electrons. The SMILES string of the molecule is Cc1ccc2[nH]ccc2c1CCl. The summed E-state index contributed by atoms with van der Waals surface area (Å²) in [7, 11) is 0. The van der Waals surface area contributed by atoms with E-state index in [9.17, 15) is 0 Å². The summed E-state index contributed by atoms with van der Waals surface area (Å²) in [4.78, 5) is 3.16. The summed E-state index contributed by atoms with van der Waals surface area (Å²) >= 11 is 5.85. The molecule has 1 aromatic heterocycles. The van der Waals surface area contributed by atoms with Crippen LogP contribution < -0.4 is 0 Å². The van der Waals surface area contributed by atoms with Gasteiger partial charge in [-0.25, -0.2) is 0 Å². The molecule has 2 rings (SSSR count). The highest BCUT2D eigenvalue weighted by Gasteiger charge is 2.02. The van der Waals surface area contributed by atoms with Crippen LogP contribution in [0.15, 0.2) is 24.4 Å². The first-order valence-corrected chi connectivity index (χ1v) is 4.48. The molecule has 0 saturated carbocycles. The molecule has 12 heavy (non-hydrogen) atoms. The monoisotopic (exact) mass is 179 g/mol. The van der Waals surface area contributed by atoms with Gasteiger partial charge in [0.1, 0.15) is 0 Å². The van der Waals surface area contributed by atoms with Crippen LogP contribution in [0, 0.1) is 6.92 Å². The number of alkyl halides is 1. The van der Waals surface area contributed by atoms with Crippen LogP contribution in [-0.2, 0) is 5.88 Å². The number of aryl methyl sites for hydroxylation is 1. The van der Waals surface area contributed by atoms with Crippen molar-refractivity contribution in [3.63, 3.8) is 0 Å². The molecular formula is C10H10ClN. The number of halogens is 1. The maximum atomic E-state index is 5.85. The highest BCUT2D eigenvalue weighted by molar-refractivity contribution is 6.18. The first-order chi connectivity index (χ1) is 5.83. The fourth-order valence-corrected chi connectivity index (χ4v) is 1.84. The Bertz CT molecular complexity index is 403. The Kier molecular flexibility index (Phi) is 1.81. The van der Waals surface area contributed by atoms with Crippen LogP contribution in [-0.4, -0.2) is 4.98 Å². The summed E-state index contributed by atoms with van der Waals surface area (Å²) in [5.41, 5.74) is 3.66. The molecule has 0 amide bonds. The normalized spacial score (nSPS) is 10.8. The van der Waals surface area contributed by atoms with Crippen LogP contribution in [0.4, 0.5) is 0 Å². The predicted octanol–water partition coefficient (Wildman–Crippen LogP) is 3.22. The quantitative estimate of drug-likeness (QED) is 0.647. The topological polar surface area (TPSA) is 15.8 Å². The van der Waals surface area contributed by atoms with Gasteiger partial charge in [-0.3, -0.25) is 0 Å². The molecule has 0 bridgehead atoms. The Morgan fingerprint density at radius 3 is 2.92 bits per heavy atom. The molecular weight excluding hydrogens is 170 g/mol. The van der Waals surface area contributed by atoms with Crippen molar-refractivity contribution in [1.29, 1.82) is 0 Å². The van der Waals surface area contributed by atoms with Gasteiger partial charge in [0.15, 0.2) is 0 Å². The van der Waals surface area contributed by atoms with Crippen molar-refractivity contribution in [3.8, 4) is 0 Å². The molecule has 0 aliphatic heterocycles. The lowest BCUT2D eigenvalue weighted by molar-refractivity contribution is 1.34. The second-order valence-electron chi connectivity index (χ2n) is 2.93. The molecule has 2 aromatic rings. The first kappa shape index (κ1) is 7.69.